The molecule has 2 aliphatic carbocycles. The SMILES string of the molecule is CSCCCCCNC1C2CCC1Cc1ccccc1C2. The molecule has 0 amide bonds. The Morgan fingerprint density at radius 2 is 1.67 bits per heavy atom. The Morgan fingerprint density at radius 3 is 2.29 bits per heavy atom. The molecule has 1 N–H and O–H groups in total. The highest BCUT2D eigenvalue weighted by atomic mass is 32.2. The number of unbranched alkanes of at least 4 members (excludes halogenated alkanes) is 2. The Balaban J connectivity index is 1.51. The fourth-order valence-corrected chi connectivity index (χ4v) is 4.79. The fraction of sp³-hybridized carbons (Fsp3) is 0.684. The van der Waals surface area contributed by atoms with E-state index in [0.717, 1.165) is 17.9 Å². The number of hydrogen-bond acceptors (Lipinski definition) is 2. The highest BCUT2D eigenvalue weighted by molar-refractivity contribution is 7.98. The van der Waals surface area contributed by atoms with Crippen molar-refractivity contribution in [3.63, 3.8) is 0 Å². The lowest BCUT2D eigenvalue weighted by Gasteiger charge is -2.23. The predicted octanol–water partition coefficient (Wildman–Crippen LogP) is 4.30. The standard InChI is InChI=1S/C19H29NS/c1-21-12-6-2-5-11-20-19-17-9-10-18(19)14-16-8-4-3-7-15(16)13-17/h3-4,7-8,17-20H,2,5-6,9-14H2,1H3. The molecule has 116 valence electrons. The van der Waals surface area contributed by atoms with Crippen molar-refractivity contribution < 1.29 is 0 Å². The molecule has 0 saturated heterocycles. The number of fused-ring (bicyclic) bond motifs is 3. The van der Waals surface area contributed by atoms with E-state index in [-0.39, 0.29) is 0 Å². The van der Waals surface area contributed by atoms with Crippen LogP contribution in [0.2, 0.25) is 0 Å². The molecular formula is C19H29NS. The first-order chi connectivity index (χ1) is 10.4. The highest BCUT2D eigenvalue weighted by Gasteiger charge is 2.38. The van der Waals surface area contributed by atoms with Gasteiger partial charge in [0, 0.05) is 6.04 Å². The van der Waals surface area contributed by atoms with Crippen molar-refractivity contribution in [3.05, 3.63) is 35.4 Å². The topological polar surface area (TPSA) is 12.0 Å². The van der Waals surface area contributed by atoms with Crippen molar-refractivity contribution in [2.45, 2.75) is 51.0 Å². The van der Waals surface area contributed by atoms with Gasteiger partial charge >= 0.3 is 0 Å². The van der Waals surface area contributed by atoms with Crippen LogP contribution in [0.5, 0.6) is 0 Å². The second kappa shape index (κ2) is 7.69. The van der Waals surface area contributed by atoms with Crippen LogP contribution < -0.4 is 5.32 Å². The molecule has 0 aliphatic heterocycles. The third kappa shape index (κ3) is 3.84. The Kier molecular flexibility index (Phi) is 5.65. The second-order valence-electron chi connectivity index (χ2n) is 6.81. The predicted molar refractivity (Wildman–Crippen MR) is 94.1 cm³/mol. The Bertz CT molecular complexity index is 412. The fourth-order valence-electron chi connectivity index (χ4n) is 4.30. The molecule has 0 aromatic heterocycles. The van der Waals surface area contributed by atoms with Gasteiger partial charge in [0.25, 0.3) is 0 Å². The first-order valence-electron chi connectivity index (χ1n) is 8.67. The number of hydrogen-bond donors (Lipinski definition) is 1. The van der Waals surface area contributed by atoms with Crippen LogP contribution in [0.4, 0.5) is 0 Å². The summed E-state index contributed by atoms with van der Waals surface area (Å²) in [5.41, 5.74) is 3.24. The largest absolute Gasteiger partial charge is 0.313 e. The van der Waals surface area contributed by atoms with E-state index in [1.165, 1.54) is 57.2 Å². The Labute approximate surface area is 134 Å². The molecule has 0 heterocycles. The van der Waals surface area contributed by atoms with E-state index in [2.05, 4.69) is 35.8 Å². The molecule has 1 fully saturated rings. The molecule has 1 saturated carbocycles. The molecule has 2 atom stereocenters. The molecule has 2 aliphatic rings. The lowest BCUT2D eigenvalue weighted by Crippen LogP contribution is -2.38. The van der Waals surface area contributed by atoms with Gasteiger partial charge in [-0.25, -0.2) is 0 Å². The van der Waals surface area contributed by atoms with Gasteiger partial charge in [-0.3, -0.25) is 0 Å². The van der Waals surface area contributed by atoms with Gasteiger partial charge in [0.2, 0.25) is 0 Å². The lowest BCUT2D eigenvalue weighted by molar-refractivity contribution is 0.340. The zero-order valence-electron chi connectivity index (χ0n) is 13.3. The minimum Gasteiger partial charge on any atom is -0.313 e. The smallest absolute Gasteiger partial charge is 0.0130 e. The van der Waals surface area contributed by atoms with Crippen molar-refractivity contribution >= 4 is 11.8 Å². The molecule has 3 rings (SSSR count). The monoisotopic (exact) mass is 303 g/mol. The lowest BCUT2D eigenvalue weighted by atomic mass is 9.94. The van der Waals surface area contributed by atoms with Crippen molar-refractivity contribution in [1.29, 1.82) is 0 Å². The van der Waals surface area contributed by atoms with Crippen molar-refractivity contribution in [2.75, 3.05) is 18.6 Å². The zero-order chi connectivity index (χ0) is 14.5. The van der Waals surface area contributed by atoms with Crippen LogP contribution >= 0.6 is 11.8 Å². The summed E-state index contributed by atoms with van der Waals surface area (Å²) in [6, 6.07) is 9.92. The van der Waals surface area contributed by atoms with E-state index in [9.17, 15) is 0 Å². The van der Waals surface area contributed by atoms with Gasteiger partial charge in [0.1, 0.15) is 0 Å². The van der Waals surface area contributed by atoms with Crippen molar-refractivity contribution in [2.24, 2.45) is 11.8 Å². The van der Waals surface area contributed by atoms with Crippen LogP contribution in [0.25, 0.3) is 0 Å². The van der Waals surface area contributed by atoms with E-state index in [1.54, 1.807) is 11.1 Å². The number of thioether (sulfide) groups is 1. The summed E-state index contributed by atoms with van der Waals surface area (Å²) in [5.74, 6) is 3.08. The average Bonchev–Trinajstić information content (AvgIpc) is 2.77. The maximum absolute atomic E-state index is 3.93. The molecule has 2 unspecified atom stereocenters. The van der Waals surface area contributed by atoms with Gasteiger partial charge in [-0.1, -0.05) is 30.7 Å². The summed E-state index contributed by atoms with van der Waals surface area (Å²) in [5, 5.41) is 3.93. The van der Waals surface area contributed by atoms with Gasteiger partial charge in [-0.2, -0.15) is 11.8 Å². The van der Waals surface area contributed by atoms with Gasteiger partial charge < -0.3 is 5.32 Å². The van der Waals surface area contributed by atoms with Crippen molar-refractivity contribution in [3.8, 4) is 0 Å². The van der Waals surface area contributed by atoms with Gasteiger partial charge in [0.15, 0.2) is 0 Å². The molecule has 2 bridgehead atoms. The molecule has 2 heteroatoms. The summed E-state index contributed by atoms with van der Waals surface area (Å²) < 4.78 is 0. The van der Waals surface area contributed by atoms with Crippen molar-refractivity contribution in [1.82, 2.24) is 5.32 Å². The van der Waals surface area contributed by atoms with Gasteiger partial charge in [-0.05, 0) is 80.0 Å². The maximum Gasteiger partial charge on any atom is 0.0130 e. The van der Waals surface area contributed by atoms with Gasteiger partial charge in [0.05, 0.1) is 0 Å². The molecular weight excluding hydrogens is 274 g/mol. The third-order valence-corrected chi connectivity index (χ3v) is 6.11. The maximum atomic E-state index is 3.93. The summed E-state index contributed by atoms with van der Waals surface area (Å²) >= 11 is 1.97. The Hall–Kier alpha value is -0.470. The molecule has 0 spiro atoms. The summed E-state index contributed by atoms with van der Waals surface area (Å²) in [7, 11) is 0. The van der Waals surface area contributed by atoms with E-state index >= 15 is 0 Å². The van der Waals surface area contributed by atoms with Crippen LogP contribution in [0.3, 0.4) is 0 Å². The average molecular weight is 304 g/mol. The highest BCUT2D eigenvalue weighted by Crippen LogP contribution is 2.39. The molecule has 0 radical (unpaired) electrons. The number of nitrogens with one attached hydrogen (secondary N) is 1. The molecule has 1 nitrogen and oxygen atoms in total. The van der Waals surface area contributed by atoms with E-state index in [0.29, 0.717) is 0 Å². The van der Waals surface area contributed by atoms with Crippen LogP contribution in [0.1, 0.15) is 43.2 Å². The van der Waals surface area contributed by atoms with Crippen LogP contribution in [-0.2, 0) is 12.8 Å². The minimum absolute atomic E-state index is 0.776. The first-order valence-corrected chi connectivity index (χ1v) is 10.1. The molecule has 21 heavy (non-hydrogen) atoms. The van der Waals surface area contributed by atoms with E-state index in [4.69, 9.17) is 0 Å². The summed E-state index contributed by atoms with van der Waals surface area (Å²) in [6.07, 6.45) is 11.8. The van der Waals surface area contributed by atoms with Crippen LogP contribution in [0, 0.1) is 11.8 Å². The molecule has 1 aromatic rings. The summed E-state index contributed by atoms with van der Waals surface area (Å²) in [6.45, 7) is 1.22. The zero-order valence-corrected chi connectivity index (χ0v) is 14.1. The second-order valence-corrected chi connectivity index (χ2v) is 7.79. The Morgan fingerprint density at radius 1 is 1.00 bits per heavy atom. The quantitative estimate of drug-likeness (QED) is 0.754. The number of rotatable bonds is 7. The summed E-state index contributed by atoms with van der Waals surface area (Å²) in [4.78, 5) is 0. The number of benzene rings is 1. The first kappa shape index (κ1) is 15.4. The van der Waals surface area contributed by atoms with Crippen LogP contribution in [0.15, 0.2) is 24.3 Å². The van der Waals surface area contributed by atoms with E-state index < -0.39 is 0 Å². The van der Waals surface area contributed by atoms with E-state index in [1.807, 2.05) is 11.8 Å². The molecule has 1 aromatic carbocycles. The normalized spacial score (nSPS) is 27.4. The van der Waals surface area contributed by atoms with Gasteiger partial charge in [-0.15, -0.1) is 0 Å². The van der Waals surface area contributed by atoms with Crippen LogP contribution in [-0.4, -0.2) is 24.6 Å². The third-order valence-electron chi connectivity index (χ3n) is 5.41. The minimum atomic E-state index is 0.776.